The lowest BCUT2D eigenvalue weighted by molar-refractivity contribution is -0.0585. The molecule has 0 radical (unpaired) electrons. The Morgan fingerprint density at radius 1 is 1.29 bits per heavy atom. The van der Waals surface area contributed by atoms with Gasteiger partial charge in [-0.3, -0.25) is 9.59 Å². The molecule has 0 aliphatic carbocycles. The number of carbonyl (C=O) groups is 2. The molecule has 1 aliphatic heterocycles. The summed E-state index contributed by atoms with van der Waals surface area (Å²) < 4.78 is 10.7. The molecule has 2 aromatic heterocycles. The van der Waals surface area contributed by atoms with Gasteiger partial charge in [0.25, 0.3) is 11.8 Å². The van der Waals surface area contributed by atoms with E-state index in [2.05, 4.69) is 5.32 Å². The number of nitrogens with one attached hydrogen (secondary N) is 1. The molecule has 1 saturated heterocycles. The molecule has 0 unspecified atom stereocenters. The van der Waals surface area contributed by atoms with Crippen molar-refractivity contribution in [2.75, 3.05) is 18.4 Å². The Bertz CT molecular complexity index is 728. The smallest absolute Gasteiger partial charge is 0.291 e. The van der Waals surface area contributed by atoms with Gasteiger partial charge in [0.1, 0.15) is 0 Å². The highest BCUT2D eigenvalue weighted by Gasteiger charge is 2.28. The predicted octanol–water partition coefficient (Wildman–Crippen LogP) is 3.15. The van der Waals surface area contributed by atoms with Crippen molar-refractivity contribution in [2.45, 2.75) is 33.0 Å². The monoisotopic (exact) mass is 348 g/mol. The molecular formula is C17H20N2O4S. The number of ether oxygens (including phenoxy) is 1. The van der Waals surface area contributed by atoms with Crippen molar-refractivity contribution in [1.29, 1.82) is 0 Å². The summed E-state index contributed by atoms with van der Waals surface area (Å²) in [6, 6.07) is 5.06. The minimum atomic E-state index is -0.325. The van der Waals surface area contributed by atoms with Crippen LogP contribution in [-0.2, 0) is 4.74 Å². The van der Waals surface area contributed by atoms with Crippen molar-refractivity contribution in [3.05, 3.63) is 40.7 Å². The van der Waals surface area contributed by atoms with Crippen molar-refractivity contribution in [2.24, 2.45) is 0 Å². The highest BCUT2D eigenvalue weighted by Crippen LogP contribution is 2.29. The molecule has 7 heteroatoms. The Morgan fingerprint density at radius 3 is 2.62 bits per heavy atom. The summed E-state index contributed by atoms with van der Waals surface area (Å²) in [4.78, 5) is 27.3. The molecule has 0 aromatic carbocycles. The number of anilines is 1. The number of aryl methyl sites for hydroxylation is 1. The standard InChI is InChI=1S/C17H20N2O4S/c1-10-7-14(18-16(20)13-5-4-6-22-13)24-15(10)17(21)19-8-11(2)23-12(3)9-19/h4-7,11-12H,8-9H2,1-3H3,(H,18,20)/t11-,12+. The maximum absolute atomic E-state index is 12.8. The zero-order chi connectivity index (χ0) is 17.3. The van der Waals surface area contributed by atoms with Gasteiger partial charge in [0.05, 0.1) is 28.3 Å². The number of amides is 2. The predicted molar refractivity (Wildman–Crippen MR) is 91.6 cm³/mol. The number of rotatable bonds is 3. The van der Waals surface area contributed by atoms with Crippen LogP contribution >= 0.6 is 11.3 Å². The van der Waals surface area contributed by atoms with Gasteiger partial charge in [0.15, 0.2) is 5.76 Å². The highest BCUT2D eigenvalue weighted by molar-refractivity contribution is 7.18. The van der Waals surface area contributed by atoms with Crippen LogP contribution in [0.25, 0.3) is 0 Å². The van der Waals surface area contributed by atoms with E-state index >= 15 is 0 Å². The minimum absolute atomic E-state index is 0.0157. The molecule has 2 aromatic rings. The molecule has 2 amide bonds. The first-order valence-corrected chi connectivity index (χ1v) is 8.65. The molecule has 24 heavy (non-hydrogen) atoms. The number of thiophene rings is 1. The quantitative estimate of drug-likeness (QED) is 0.925. The maximum atomic E-state index is 12.8. The van der Waals surface area contributed by atoms with Crippen LogP contribution in [0, 0.1) is 6.92 Å². The topological polar surface area (TPSA) is 71.8 Å². The van der Waals surface area contributed by atoms with Gasteiger partial charge in [-0.15, -0.1) is 11.3 Å². The average Bonchev–Trinajstić information content (AvgIpc) is 3.15. The van der Waals surface area contributed by atoms with E-state index in [1.54, 1.807) is 12.1 Å². The van der Waals surface area contributed by atoms with Gasteiger partial charge in [-0.1, -0.05) is 0 Å². The van der Waals surface area contributed by atoms with Crippen molar-refractivity contribution >= 4 is 28.2 Å². The first-order valence-electron chi connectivity index (χ1n) is 7.84. The fourth-order valence-corrected chi connectivity index (χ4v) is 3.86. The van der Waals surface area contributed by atoms with Gasteiger partial charge in [-0.2, -0.15) is 0 Å². The molecule has 0 saturated carbocycles. The Morgan fingerprint density at radius 2 is 2.00 bits per heavy atom. The van der Waals surface area contributed by atoms with Gasteiger partial charge in [0.2, 0.25) is 0 Å². The Kier molecular flexibility index (Phi) is 4.73. The molecule has 1 N–H and O–H groups in total. The van der Waals surface area contributed by atoms with Crippen LogP contribution in [0.3, 0.4) is 0 Å². The molecule has 1 aliphatic rings. The lowest BCUT2D eigenvalue weighted by Gasteiger charge is -2.35. The third kappa shape index (κ3) is 3.52. The second kappa shape index (κ2) is 6.78. The van der Waals surface area contributed by atoms with E-state index < -0.39 is 0 Å². The van der Waals surface area contributed by atoms with E-state index in [0.717, 1.165) is 5.56 Å². The number of hydrogen-bond acceptors (Lipinski definition) is 5. The molecule has 1 fully saturated rings. The summed E-state index contributed by atoms with van der Waals surface area (Å²) in [5, 5.41) is 3.40. The molecule has 0 bridgehead atoms. The summed E-state index contributed by atoms with van der Waals surface area (Å²) in [6.07, 6.45) is 1.50. The normalized spacial score (nSPS) is 20.9. The third-order valence-electron chi connectivity index (χ3n) is 3.80. The Hall–Kier alpha value is -2.12. The van der Waals surface area contributed by atoms with E-state index in [-0.39, 0.29) is 29.8 Å². The largest absolute Gasteiger partial charge is 0.459 e. The van der Waals surface area contributed by atoms with E-state index in [9.17, 15) is 9.59 Å². The Balaban J connectivity index is 1.74. The summed E-state index contributed by atoms with van der Waals surface area (Å²) in [5.41, 5.74) is 0.853. The van der Waals surface area contributed by atoms with Crippen molar-refractivity contribution < 1.29 is 18.7 Å². The van der Waals surface area contributed by atoms with Gasteiger partial charge in [-0.25, -0.2) is 0 Å². The van der Waals surface area contributed by atoms with E-state index in [0.29, 0.717) is 23.0 Å². The van der Waals surface area contributed by atoms with Gasteiger partial charge in [0, 0.05) is 13.1 Å². The van der Waals surface area contributed by atoms with Crippen LogP contribution in [-0.4, -0.2) is 42.0 Å². The summed E-state index contributed by atoms with van der Waals surface area (Å²) in [6.45, 7) is 6.96. The maximum Gasteiger partial charge on any atom is 0.291 e. The van der Waals surface area contributed by atoms with Crippen molar-refractivity contribution in [3.8, 4) is 0 Å². The van der Waals surface area contributed by atoms with E-state index in [4.69, 9.17) is 9.15 Å². The van der Waals surface area contributed by atoms with Crippen LogP contribution in [0.15, 0.2) is 28.9 Å². The van der Waals surface area contributed by atoms with Gasteiger partial charge in [-0.05, 0) is 44.5 Å². The fraction of sp³-hybridized carbons (Fsp3) is 0.412. The zero-order valence-corrected chi connectivity index (χ0v) is 14.7. The molecule has 0 spiro atoms. The summed E-state index contributed by atoms with van der Waals surface area (Å²) >= 11 is 1.28. The first kappa shape index (κ1) is 16.7. The van der Waals surface area contributed by atoms with E-state index in [1.165, 1.54) is 17.6 Å². The van der Waals surface area contributed by atoms with Gasteiger partial charge < -0.3 is 19.4 Å². The Labute approximate surface area is 144 Å². The van der Waals surface area contributed by atoms with Crippen LogP contribution in [0.5, 0.6) is 0 Å². The second-order valence-corrected chi connectivity index (χ2v) is 7.07. The molecule has 128 valence electrons. The number of furan rings is 1. The molecule has 6 nitrogen and oxygen atoms in total. The third-order valence-corrected chi connectivity index (χ3v) is 4.94. The fourth-order valence-electron chi connectivity index (χ4n) is 2.82. The van der Waals surface area contributed by atoms with Crippen LogP contribution < -0.4 is 5.32 Å². The minimum Gasteiger partial charge on any atom is -0.459 e. The van der Waals surface area contributed by atoms with Crippen LogP contribution in [0.2, 0.25) is 0 Å². The number of morpholine rings is 1. The summed E-state index contributed by atoms with van der Waals surface area (Å²) in [5.74, 6) is -0.100. The number of carbonyl (C=O) groups excluding carboxylic acids is 2. The lowest BCUT2D eigenvalue weighted by Crippen LogP contribution is -2.48. The molecule has 3 rings (SSSR count). The van der Waals surface area contributed by atoms with Crippen LogP contribution in [0.1, 0.15) is 39.6 Å². The molecule has 3 heterocycles. The van der Waals surface area contributed by atoms with Gasteiger partial charge >= 0.3 is 0 Å². The van der Waals surface area contributed by atoms with E-state index in [1.807, 2.05) is 31.7 Å². The zero-order valence-electron chi connectivity index (χ0n) is 13.9. The van der Waals surface area contributed by atoms with Crippen LogP contribution in [0.4, 0.5) is 5.00 Å². The SMILES string of the molecule is Cc1cc(NC(=O)c2ccco2)sc1C(=O)N1C[C@@H](C)O[C@@H](C)C1. The van der Waals surface area contributed by atoms with Crippen molar-refractivity contribution in [3.63, 3.8) is 0 Å². The van der Waals surface area contributed by atoms with Crippen molar-refractivity contribution in [1.82, 2.24) is 4.90 Å². The highest BCUT2D eigenvalue weighted by atomic mass is 32.1. The molecular weight excluding hydrogens is 328 g/mol. The number of nitrogens with zero attached hydrogens (tertiary/aromatic N) is 1. The number of hydrogen-bond donors (Lipinski definition) is 1. The second-order valence-electron chi connectivity index (χ2n) is 6.02. The molecule has 2 atom stereocenters. The lowest BCUT2D eigenvalue weighted by atomic mass is 10.2. The average molecular weight is 348 g/mol. The first-order chi connectivity index (χ1) is 11.4. The summed E-state index contributed by atoms with van der Waals surface area (Å²) in [7, 11) is 0.